The van der Waals surface area contributed by atoms with E-state index in [1.165, 1.54) is 6.33 Å². The number of aryl methyl sites for hydroxylation is 1. The van der Waals surface area contributed by atoms with Crippen LogP contribution in [0, 0.1) is 6.92 Å². The zero-order valence-electron chi connectivity index (χ0n) is 13.2. The van der Waals surface area contributed by atoms with Crippen molar-refractivity contribution in [2.45, 2.75) is 32.9 Å². The van der Waals surface area contributed by atoms with Crippen LogP contribution in [0.2, 0.25) is 0 Å². The fourth-order valence-electron chi connectivity index (χ4n) is 3.03. The normalized spacial score (nSPS) is 21.9. The summed E-state index contributed by atoms with van der Waals surface area (Å²) in [5.74, 6) is 0.0999. The highest BCUT2D eigenvalue weighted by Gasteiger charge is 2.26. The molecule has 1 amide bonds. The third-order valence-corrected chi connectivity index (χ3v) is 3.97. The summed E-state index contributed by atoms with van der Waals surface area (Å²) in [4.78, 5) is 18.7. The lowest BCUT2D eigenvalue weighted by atomic mass is 10.0. The summed E-state index contributed by atoms with van der Waals surface area (Å²) < 4.78 is 1.69. The first-order chi connectivity index (χ1) is 10.5. The number of nitrogens with one attached hydrogen (secondary N) is 1. The van der Waals surface area contributed by atoms with Gasteiger partial charge in [-0.15, -0.1) is 0 Å². The number of carbonyl (C=O) groups is 1. The van der Waals surface area contributed by atoms with E-state index in [4.69, 9.17) is 0 Å². The summed E-state index contributed by atoms with van der Waals surface area (Å²) >= 11 is 0. The van der Waals surface area contributed by atoms with Gasteiger partial charge in [-0.1, -0.05) is 0 Å². The molecule has 2 atom stereocenters. The molecule has 3 rings (SSSR count). The lowest BCUT2D eigenvalue weighted by Crippen LogP contribution is -2.55. The number of aromatic nitrogens is 3. The van der Waals surface area contributed by atoms with Crippen LogP contribution in [-0.2, 0) is 0 Å². The molecule has 0 bridgehead atoms. The minimum absolute atomic E-state index is 0.0999. The number of nitrogens with zero attached hydrogens (tertiary/aromatic N) is 4. The Labute approximate surface area is 130 Å². The van der Waals surface area contributed by atoms with Gasteiger partial charge in [0.15, 0.2) is 0 Å². The second-order valence-electron chi connectivity index (χ2n) is 6.02. The largest absolute Gasteiger partial charge is 0.336 e. The van der Waals surface area contributed by atoms with E-state index in [0.29, 0.717) is 12.1 Å². The quantitative estimate of drug-likeness (QED) is 0.910. The second kappa shape index (κ2) is 5.88. The minimum Gasteiger partial charge on any atom is -0.336 e. The molecule has 0 radical (unpaired) electrons. The predicted octanol–water partition coefficient (Wildman–Crippen LogP) is 1.40. The van der Waals surface area contributed by atoms with Gasteiger partial charge in [0, 0.05) is 30.7 Å². The molecule has 2 heterocycles. The van der Waals surface area contributed by atoms with Gasteiger partial charge >= 0.3 is 0 Å². The topological polar surface area (TPSA) is 63.1 Å². The Kier molecular flexibility index (Phi) is 3.94. The Morgan fingerprint density at radius 1 is 1.27 bits per heavy atom. The second-order valence-corrected chi connectivity index (χ2v) is 6.02. The van der Waals surface area contributed by atoms with E-state index in [1.54, 1.807) is 11.0 Å². The van der Waals surface area contributed by atoms with Crippen LogP contribution in [0.25, 0.3) is 5.69 Å². The Morgan fingerprint density at radius 3 is 2.59 bits per heavy atom. The molecule has 6 heteroatoms. The van der Waals surface area contributed by atoms with Crippen molar-refractivity contribution in [3.8, 4) is 5.69 Å². The van der Waals surface area contributed by atoms with Gasteiger partial charge in [-0.2, -0.15) is 5.10 Å². The van der Waals surface area contributed by atoms with Crippen LogP contribution in [0.3, 0.4) is 0 Å². The Balaban J connectivity index is 1.84. The molecule has 0 unspecified atom stereocenters. The van der Waals surface area contributed by atoms with Crippen molar-refractivity contribution in [3.05, 3.63) is 42.0 Å². The zero-order valence-corrected chi connectivity index (χ0v) is 13.2. The van der Waals surface area contributed by atoms with Gasteiger partial charge < -0.3 is 10.2 Å². The molecule has 0 aliphatic carbocycles. The molecule has 0 saturated carbocycles. The third kappa shape index (κ3) is 2.87. The lowest BCUT2D eigenvalue weighted by Gasteiger charge is -2.36. The fourth-order valence-corrected chi connectivity index (χ4v) is 3.03. The van der Waals surface area contributed by atoms with Crippen molar-refractivity contribution < 1.29 is 4.79 Å². The van der Waals surface area contributed by atoms with Crippen molar-refractivity contribution in [1.82, 2.24) is 25.0 Å². The van der Waals surface area contributed by atoms with Crippen LogP contribution in [0.4, 0.5) is 0 Å². The van der Waals surface area contributed by atoms with Crippen molar-refractivity contribution in [1.29, 1.82) is 0 Å². The minimum atomic E-state index is 0.0999. The summed E-state index contributed by atoms with van der Waals surface area (Å²) in [6.45, 7) is 7.66. The maximum absolute atomic E-state index is 12.8. The SMILES string of the molecule is Cc1cc(-n2cncn2)ccc1C(=O)N1C[C@H](C)N[C@@H](C)C1. The van der Waals surface area contributed by atoms with Gasteiger partial charge in [0.25, 0.3) is 5.91 Å². The standard InChI is InChI=1S/C16H21N5O/c1-11-6-14(21-10-17-9-18-21)4-5-15(11)16(22)20-7-12(2)19-13(3)8-20/h4-6,9-10,12-13,19H,7-8H2,1-3H3/t12-,13-/m0/s1. The zero-order chi connectivity index (χ0) is 15.7. The predicted molar refractivity (Wildman–Crippen MR) is 84.1 cm³/mol. The number of hydrogen-bond acceptors (Lipinski definition) is 4. The van der Waals surface area contributed by atoms with Gasteiger partial charge in [0.2, 0.25) is 0 Å². The van der Waals surface area contributed by atoms with Crippen molar-refractivity contribution in [2.75, 3.05) is 13.1 Å². The lowest BCUT2D eigenvalue weighted by molar-refractivity contribution is 0.0673. The van der Waals surface area contributed by atoms with E-state index >= 15 is 0 Å². The molecule has 1 aromatic carbocycles. The van der Waals surface area contributed by atoms with Crippen LogP contribution in [-0.4, -0.2) is 50.7 Å². The maximum atomic E-state index is 12.8. The first-order valence-electron chi connectivity index (χ1n) is 7.55. The summed E-state index contributed by atoms with van der Waals surface area (Å²) in [6.07, 6.45) is 3.15. The average molecular weight is 299 g/mol. The van der Waals surface area contributed by atoms with Gasteiger partial charge in [-0.25, -0.2) is 9.67 Å². The highest BCUT2D eigenvalue weighted by molar-refractivity contribution is 5.96. The van der Waals surface area contributed by atoms with E-state index in [9.17, 15) is 4.79 Å². The molecule has 1 fully saturated rings. The van der Waals surface area contributed by atoms with E-state index in [2.05, 4.69) is 29.2 Å². The van der Waals surface area contributed by atoms with Crippen LogP contribution < -0.4 is 5.32 Å². The van der Waals surface area contributed by atoms with Crippen LogP contribution in [0.1, 0.15) is 29.8 Å². The molecule has 1 aliphatic heterocycles. The monoisotopic (exact) mass is 299 g/mol. The van der Waals surface area contributed by atoms with Gasteiger partial charge in [0.1, 0.15) is 12.7 Å². The molecule has 1 aliphatic rings. The van der Waals surface area contributed by atoms with Crippen molar-refractivity contribution in [2.24, 2.45) is 0 Å². The Morgan fingerprint density at radius 2 is 2.00 bits per heavy atom. The molecule has 22 heavy (non-hydrogen) atoms. The van der Waals surface area contributed by atoms with E-state index in [0.717, 1.165) is 29.9 Å². The van der Waals surface area contributed by atoms with Crippen molar-refractivity contribution in [3.63, 3.8) is 0 Å². The molecule has 1 saturated heterocycles. The highest BCUT2D eigenvalue weighted by Crippen LogP contribution is 2.17. The highest BCUT2D eigenvalue weighted by atomic mass is 16.2. The molecule has 0 spiro atoms. The summed E-state index contributed by atoms with van der Waals surface area (Å²) in [5.41, 5.74) is 2.62. The van der Waals surface area contributed by atoms with Crippen LogP contribution in [0.15, 0.2) is 30.9 Å². The molecular formula is C16H21N5O. The van der Waals surface area contributed by atoms with Crippen molar-refractivity contribution >= 4 is 5.91 Å². The van der Waals surface area contributed by atoms with E-state index in [1.807, 2.05) is 30.0 Å². The number of benzene rings is 1. The van der Waals surface area contributed by atoms with Gasteiger partial charge in [0.05, 0.1) is 5.69 Å². The summed E-state index contributed by atoms with van der Waals surface area (Å²) in [5, 5.41) is 7.56. The van der Waals surface area contributed by atoms with Crippen LogP contribution >= 0.6 is 0 Å². The maximum Gasteiger partial charge on any atom is 0.254 e. The first-order valence-corrected chi connectivity index (χ1v) is 7.55. The Hall–Kier alpha value is -2.21. The summed E-state index contributed by atoms with van der Waals surface area (Å²) in [6, 6.07) is 6.40. The first kappa shape index (κ1) is 14.7. The van der Waals surface area contributed by atoms with E-state index in [-0.39, 0.29) is 5.91 Å². The molecular weight excluding hydrogens is 278 g/mol. The van der Waals surface area contributed by atoms with Gasteiger partial charge in [-0.3, -0.25) is 4.79 Å². The molecule has 2 aromatic rings. The molecule has 6 nitrogen and oxygen atoms in total. The van der Waals surface area contributed by atoms with Crippen LogP contribution in [0.5, 0.6) is 0 Å². The number of amides is 1. The van der Waals surface area contributed by atoms with Gasteiger partial charge in [-0.05, 0) is 44.5 Å². The Bertz CT molecular complexity index is 657. The fraction of sp³-hybridized carbons (Fsp3) is 0.438. The smallest absolute Gasteiger partial charge is 0.254 e. The number of piperazine rings is 1. The third-order valence-electron chi connectivity index (χ3n) is 3.97. The molecule has 116 valence electrons. The number of carbonyl (C=O) groups excluding carboxylic acids is 1. The molecule has 1 aromatic heterocycles. The number of hydrogen-bond donors (Lipinski definition) is 1. The number of rotatable bonds is 2. The average Bonchev–Trinajstić information content (AvgIpc) is 2.99. The summed E-state index contributed by atoms with van der Waals surface area (Å²) in [7, 11) is 0. The van der Waals surface area contributed by atoms with E-state index < -0.39 is 0 Å². The molecule has 1 N–H and O–H groups in total.